The molecule has 3 N–H and O–H groups in total. The van der Waals surface area contributed by atoms with Crippen LogP contribution in [0.1, 0.15) is 43.4 Å². The number of urea groups is 1. The van der Waals surface area contributed by atoms with Crippen molar-refractivity contribution in [3.05, 3.63) is 45.3 Å². The lowest BCUT2D eigenvalue weighted by Crippen LogP contribution is -2.45. The molecule has 1 aromatic heterocycles. The Kier molecular flexibility index (Phi) is 5.48. The van der Waals surface area contributed by atoms with E-state index in [9.17, 15) is 14.4 Å². The summed E-state index contributed by atoms with van der Waals surface area (Å²) in [6, 6.07) is 3.66. The minimum Gasteiger partial charge on any atom is -0.459 e. The first-order chi connectivity index (χ1) is 12.8. The van der Waals surface area contributed by atoms with Gasteiger partial charge in [-0.2, -0.15) is 0 Å². The van der Waals surface area contributed by atoms with Gasteiger partial charge in [-0.3, -0.25) is 0 Å². The average molecular weight is 372 g/mol. The molecule has 1 aromatic carbocycles. The number of carbonyl (C=O) groups excluding carboxylic acids is 2. The van der Waals surface area contributed by atoms with E-state index in [2.05, 4.69) is 5.32 Å². The van der Waals surface area contributed by atoms with Crippen molar-refractivity contribution >= 4 is 23.0 Å². The van der Waals surface area contributed by atoms with Gasteiger partial charge in [-0.25, -0.2) is 14.4 Å². The van der Waals surface area contributed by atoms with Crippen molar-refractivity contribution in [1.29, 1.82) is 0 Å². The lowest BCUT2D eigenvalue weighted by atomic mass is 10.0. The first-order valence-corrected chi connectivity index (χ1v) is 9.14. The van der Waals surface area contributed by atoms with Gasteiger partial charge in [-0.05, 0) is 54.9 Å². The van der Waals surface area contributed by atoms with Crippen molar-refractivity contribution in [3.8, 4) is 0 Å². The number of hydrogen-bond donors (Lipinski definition) is 2. The van der Waals surface area contributed by atoms with Crippen LogP contribution in [-0.2, 0) is 29.0 Å². The van der Waals surface area contributed by atoms with Gasteiger partial charge in [0, 0.05) is 17.0 Å². The highest BCUT2D eigenvalue weighted by Gasteiger charge is 2.23. The predicted molar refractivity (Wildman–Crippen MR) is 100 cm³/mol. The quantitative estimate of drug-likeness (QED) is 0.597. The molecule has 1 aliphatic carbocycles. The predicted octanol–water partition coefficient (Wildman–Crippen LogP) is 2.41. The molecule has 0 saturated carbocycles. The fraction of sp³-hybridized carbons (Fsp3) is 0.450. The number of esters is 1. The second kappa shape index (κ2) is 7.82. The zero-order chi connectivity index (χ0) is 19.6. The Morgan fingerprint density at radius 1 is 1.22 bits per heavy atom. The standard InChI is InChI=1S/C20H24N2O5/c1-11(2)6-16(22-20(21)25)19(24)26-10-14-9-18(23)27-17-8-13-5-3-4-12(13)7-15(14)17/h7-9,11,16H,3-6,10H2,1-2H3,(H3,21,22,25). The van der Waals surface area contributed by atoms with Crippen LogP contribution in [-0.4, -0.2) is 18.0 Å². The minimum absolute atomic E-state index is 0.0746. The van der Waals surface area contributed by atoms with E-state index in [1.807, 2.05) is 26.0 Å². The molecule has 0 bridgehead atoms. The van der Waals surface area contributed by atoms with Crippen molar-refractivity contribution in [2.24, 2.45) is 11.7 Å². The van der Waals surface area contributed by atoms with E-state index in [1.54, 1.807) is 0 Å². The molecule has 1 atom stereocenters. The number of carbonyl (C=O) groups is 2. The van der Waals surface area contributed by atoms with E-state index in [-0.39, 0.29) is 12.5 Å². The van der Waals surface area contributed by atoms with Crippen LogP contribution < -0.4 is 16.7 Å². The molecule has 7 nitrogen and oxygen atoms in total. The smallest absolute Gasteiger partial charge is 0.336 e. The maximum Gasteiger partial charge on any atom is 0.336 e. The molecule has 1 aliphatic rings. The SMILES string of the molecule is CC(C)CC(NC(N)=O)C(=O)OCc1cc(=O)oc2cc3c(cc12)CCC3. The number of nitrogens with two attached hydrogens (primary N) is 1. The third-order valence-electron chi connectivity index (χ3n) is 4.72. The summed E-state index contributed by atoms with van der Waals surface area (Å²) in [7, 11) is 0. The van der Waals surface area contributed by atoms with Gasteiger partial charge in [0.15, 0.2) is 0 Å². The van der Waals surface area contributed by atoms with Gasteiger partial charge in [-0.1, -0.05) is 13.8 Å². The molecule has 0 saturated heterocycles. The van der Waals surface area contributed by atoms with Gasteiger partial charge in [0.25, 0.3) is 0 Å². The zero-order valence-corrected chi connectivity index (χ0v) is 15.5. The summed E-state index contributed by atoms with van der Waals surface area (Å²) in [6.45, 7) is 3.79. The van der Waals surface area contributed by atoms with Gasteiger partial charge in [0.2, 0.25) is 0 Å². The van der Waals surface area contributed by atoms with Crippen LogP contribution in [0, 0.1) is 5.92 Å². The summed E-state index contributed by atoms with van der Waals surface area (Å²) in [5.41, 5.74) is 8.19. The second-order valence-corrected chi connectivity index (χ2v) is 7.36. The van der Waals surface area contributed by atoms with Gasteiger partial charge in [0.1, 0.15) is 18.2 Å². The van der Waals surface area contributed by atoms with Crippen molar-refractivity contribution in [1.82, 2.24) is 5.32 Å². The molecule has 0 aliphatic heterocycles. The monoisotopic (exact) mass is 372 g/mol. The fourth-order valence-corrected chi connectivity index (χ4v) is 3.52. The second-order valence-electron chi connectivity index (χ2n) is 7.36. The topological polar surface area (TPSA) is 112 Å². The highest BCUT2D eigenvalue weighted by atomic mass is 16.5. The summed E-state index contributed by atoms with van der Waals surface area (Å²) in [4.78, 5) is 35.4. The molecule has 0 spiro atoms. The Hall–Kier alpha value is -2.83. The zero-order valence-electron chi connectivity index (χ0n) is 15.5. The molecule has 1 unspecified atom stereocenters. The Morgan fingerprint density at radius 2 is 1.93 bits per heavy atom. The average Bonchev–Trinajstić information content (AvgIpc) is 3.03. The van der Waals surface area contributed by atoms with Crippen molar-refractivity contribution in [2.75, 3.05) is 0 Å². The number of benzene rings is 1. The summed E-state index contributed by atoms with van der Waals surface area (Å²) in [5, 5.41) is 3.18. The Bertz CT molecular complexity index is 932. The molecule has 1 heterocycles. The molecule has 27 heavy (non-hydrogen) atoms. The van der Waals surface area contributed by atoms with Crippen LogP contribution in [0.25, 0.3) is 11.0 Å². The minimum atomic E-state index is -0.821. The lowest BCUT2D eigenvalue weighted by molar-refractivity contribution is -0.147. The normalized spacial score (nSPS) is 14.2. The van der Waals surface area contributed by atoms with E-state index in [1.165, 1.54) is 17.2 Å². The Labute approximate surface area is 156 Å². The number of aryl methyl sites for hydroxylation is 2. The number of nitrogens with one attached hydrogen (secondary N) is 1. The fourth-order valence-electron chi connectivity index (χ4n) is 3.52. The summed E-state index contributed by atoms with van der Waals surface area (Å²) >= 11 is 0. The van der Waals surface area contributed by atoms with Gasteiger partial charge in [-0.15, -0.1) is 0 Å². The highest BCUT2D eigenvalue weighted by molar-refractivity contribution is 5.84. The molecular weight excluding hydrogens is 348 g/mol. The lowest BCUT2D eigenvalue weighted by Gasteiger charge is -2.18. The number of fused-ring (bicyclic) bond motifs is 2. The van der Waals surface area contributed by atoms with Crippen LogP contribution in [0.2, 0.25) is 0 Å². The van der Waals surface area contributed by atoms with Crippen LogP contribution in [0.5, 0.6) is 0 Å². The van der Waals surface area contributed by atoms with E-state index in [4.69, 9.17) is 14.9 Å². The van der Waals surface area contributed by atoms with Gasteiger partial charge in [0.05, 0.1) is 0 Å². The summed E-state index contributed by atoms with van der Waals surface area (Å²) in [6.07, 6.45) is 3.45. The van der Waals surface area contributed by atoms with Crippen molar-refractivity contribution in [3.63, 3.8) is 0 Å². The largest absolute Gasteiger partial charge is 0.459 e. The van der Waals surface area contributed by atoms with E-state index in [0.717, 1.165) is 24.6 Å². The molecule has 2 amide bonds. The number of ether oxygens (including phenoxy) is 1. The van der Waals surface area contributed by atoms with E-state index >= 15 is 0 Å². The maximum atomic E-state index is 12.4. The molecule has 7 heteroatoms. The first-order valence-electron chi connectivity index (χ1n) is 9.14. The first kappa shape index (κ1) is 18.9. The van der Waals surface area contributed by atoms with Crippen molar-refractivity contribution in [2.45, 2.75) is 52.2 Å². The summed E-state index contributed by atoms with van der Waals surface area (Å²) in [5.74, 6) is -0.411. The number of amides is 2. The van der Waals surface area contributed by atoms with Crippen LogP contribution in [0.15, 0.2) is 27.4 Å². The Balaban J connectivity index is 1.82. The third kappa shape index (κ3) is 4.48. The molecule has 0 fully saturated rings. The van der Waals surface area contributed by atoms with Crippen LogP contribution in [0.3, 0.4) is 0 Å². The molecule has 2 aromatic rings. The molecule has 3 rings (SSSR count). The van der Waals surface area contributed by atoms with Crippen LogP contribution in [0.4, 0.5) is 4.79 Å². The number of primary amides is 1. The van der Waals surface area contributed by atoms with E-state index < -0.39 is 23.7 Å². The highest BCUT2D eigenvalue weighted by Crippen LogP contribution is 2.28. The third-order valence-corrected chi connectivity index (χ3v) is 4.72. The number of hydrogen-bond acceptors (Lipinski definition) is 5. The number of rotatable bonds is 6. The van der Waals surface area contributed by atoms with E-state index in [0.29, 0.717) is 17.6 Å². The van der Waals surface area contributed by atoms with Gasteiger partial charge >= 0.3 is 17.6 Å². The van der Waals surface area contributed by atoms with Gasteiger partial charge < -0.3 is 20.2 Å². The maximum absolute atomic E-state index is 12.4. The van der Waals surface area contributed by atoms with Crippen molar-refractivity contribution < 1.29 is 18.7 Å². The molecule has 144 valence electrons. The molecule has 0 radical (unpaired) electrons. The molecular formula is C20H24N2O5. The summed E-state index contributed by atoms with van der Waals surface area (Å²) < 4.78 is 10.7. The van der Waals surface area contributed by atoms with Crippen LogP contribution >= 0.6 is 0 Å². The Morgan fingerprint density at radius 3 is 2.59 bits per heavy atom.